The van der Waals surface area contributed by atoms with Crippen LogP contribution in [-0.4, -0.2) is 61.3 Å². The van der Waals surface area contributed by atoms with Crippen LogP contribution in [0.4, 0.5) is 5.69 Å². The minimum Gasteiger partial charge on any atom is -0.324 e. The van der Waals surface area contributed by atoms with Gasteiger partial charge in [-0.2, -0.15) is 0 Å². The van der Waals surface area contributed by atoms with Gasteiger partial charge in [0.05, 0.1) is 11.5 Å². The molecule has 2 aliphatic rings. The van der Waals surface area contributed by atoms with E-state index in [9.17, 15) is 13.2 Å². The quantitative estimate of drug-likeness (QED) is 0.722. The van der Waals surface area contributed by atoms with Gasteiger partial charge in [0, 0.05) is 31.4 Å². The fourth-order valence-electron chi connectivity index (χ4n) is 4.68. The highest BCUT2D eigenvalue weighted by molar-refractivity contribution is 7.91. The molecule has 0 saturated carbocycles. The number of rotatable bonds is 6. The molecule has 0 bridgehead atoms. The average Bonchev–Trinajstić information content (AvgIpc) is 2.79. The molecule has 7 heteroatoms. The Morgan fingerprint density at radius 3 is 2.34 bits per heavy atom. The Labute approximate surface area is 191 Å². The van der Waals surface area contributed by atoms with Crippen LogP contribution in [0.1, 0.15) is 43.4 Å². The Morgan fingerprint density at radius 2 is 1.69 bits per heavy atom. The molecule has 0 radical (unpaired) electrons. The minimum absolute atomic E-state index is 0.0905. The van der Waals surface area contributed by atoms with Crippen LogP contribution in [0.5, 0.6) is 0 Å². The molecule has 2 atom stereocenters. The lowest BCUT2D eigenvalue weighted by atomic mass is 10.0. The van der Waals surface area contributed by atoms with Gasteiger partial charge in [0.25, 0.3) is 0 Å². The van der Waals surface area contributed by atoms with Gasteiger partial charge < -0.3 is 5.32 Å². The highest BCUT2D eigenvalue weighted by Crippen LogP contribution is 2.25. The Hall–Kier alpha value is -2.22. The van der Waals surface area contributed by atoms with Gasteiger partial charge in [-0.15, -0.1) is 0 Å². The summed E-state index contributed by atoms with van der Waals surface area (Å²) in [6.07, 6.45) is 3.83. The molecule has 0 aromatic heterocycles. The van der Waals surface area contributed by atoms with Gasteiger partial charge in [-0.1, -0.05) is 48.9 Å². The van der Waals surface area contributed by atoms with Crippen LogP contribution in [0, 0.1) is 0 Å². The van der Waals surface area contributed by atoms with E-state index in [-0.39, 0.29) is 17.4 Å². The van der Waals surface area contributed by atoms with Crippen molar-refractivity contribution in [2.45, 2.75) is 44.8 Å². The number of amides is 1. The van der Waals surface area contributed by atoms with E-state index in [2.05, 4.69) is 29.3 Å². The Morgan fingerprint density at radius 1 is 1.00 bits per heavy atom. The van der Waals surface area contributed by atoms with Crippen LogP contribution in [0.3, 0.4) is 0 Å². The lowest BCUT2D eigenvalue weighted by molar-refractivity contribution is -0.121. The predicted molar refractivity (Wildman–Crippen MR) is 128 cm³/mol. The number of hydrogen-bond donors (Lipinski definition) is 1. The number of carbonyl (C=O) groups is 1. The number of nitrogens with one attached hydrogen (secondary N) is 1. The molecule has 32 heavy (non-hydrogen) atoms. The predicted octanol–water partition coefficient (Wildman–Crippen LogP) is 3.47. The number of anilines is 1. The van der Waals surface area contributed by atoms with E-state index < -0.39 is 15.9 Å². The largest absolute Gasteiger partial charge is 0.324 e. The molecule has 2 fully saturated rings. The van der Waals surface area contributed by atoms with Crippen LogP contribution in [-0.2, 0) is 21.2 Å². The number of hydrogen-bond acceptors (Lipinski definition) is 5. The number of carbonyl (C=O) groups excluding carboxylic acids is 1. The first-order valence-corrected chi connectivity index (χ1v) is 13.4. The lowest BCUT2D eigenvalue weighted by Gasteiger charge is -2.34. The first kappa shape index (κ1) is 23.0. The number of likely N-dealkylation sites (tertiary alicyclic amines) is 1. The van der Waals surface area contributed by atoms with E-state index in [1.54, 1.807) is 0 Å². The maximum atomic E-state index is 13.3. The van der Waals surface area contributed by atoms with Gasteiger partial charge in [0.2, 0.25) is 5.91 Å². The summed E-state index contributed by atoms with van der Waals surface area (Å²) in [4.78, 5) is 17.8. The van der Waals surface area contributed by atoms with E-state index >= 15 is 0 Å². The minimum atomic E-state index is -3.01. The number of benzene rings is 2. The summed E-state index contributed by atoms with van der Waals surface area (Å²) in [5.74, 6) is 0.0494. The Kier molecular flexibility index (Phi) is 7.28. The highest BCUT2D eigenvalue weighted by Gasteiger charge is 2.32. The second-order valence-corrected chi connectivity index (χ2v) is 11.3. The molecule has 2 saturated heterocycles. The SMILES string of the molecule is CC1CCCCN1Cc1ccc(NC(=O)C(c2ccccc2)N2CCS(=O)(=O)CC2)cc1. The number of piperidine rings is 1. The van der Waals surface area contributed by atoms with Crippen molar-refractivity contribution in [3.8, 4) is 0 Å². The van der Waals surface area contributed by atoms with E-state index in [1.165, 1.54) is 24.8 Å². The first-order chi connectivity index (χ1) is 15.4. The summed E-state index contributed by atoms with van der Waals surface area (Å²) in [6, 6.07) is 17.8. The first-order valence-electron chi connectivity index (χ1n) is 11.5. The molecular formula is C25H33N3O3S. The second-order valence-electron chi connectivity index (χ2n) is 9.00. The number of nitrogens with zero attached hydrogens (tertiary/aromatic N) is 2. The fraction of sp³-hybridized carbons (Fsp3) is 0.480. The maximum Gasteiger partial charge on any atom is 0.246 e. The summed E-state index contributed by atoms with van der Waals surface area (Å²) in [6.45, 7) is 5.10. The van der Waals surface area contributed by atoms with Crippen molar-refractivity contribution in [1.82, 2.24) is 9.80 Å². The maximum absolute atomic E-state index is 13.3. The van der Waals surface area contributed by atoms with Crippen LogP contribution in [0.2, 0.25) is 0 Å². The van der Waals surface area contributed by atoms with Crippen LogP contribution in [0.25, 0.3) is 0 Å². The highest BCUT2D eigenvalue weighted by atomic mass is 32.2. The zero-order chi connectivity index (χ0) is 22.6. The van der Waals surface area contributed by atoms with Gasteiger partial charge in [0.15, 0.2) is 9.84 Å². The third-order valence-corrected chi connectivity index (χ3v) is 8.26. The van der Waals surface area contributed by atoms with E-state index in [0.717, 1.165) is 24.3 Å². The topological polar surface area (TPSA) is 69.7 Å². The summed E-state index contributed by atoms with van der Waals surface area (Å²) in [7, 11) is -3.01. The zero-order valence-corrected chi connectivity index (χ0v) is 19.6. The third-order valence-electron chi connectivity index (χ3n) is 6.66. The van der Waals surface area contributed by atoms with Crippen molar-refractivity contribution in [1.29, 1.82) is 0 Å². The molecule has 2 aromatic carbocycles. The van der Waals surface area contributed by atoms with E-state index in [1.807, 2.05) is 47.4 Å². The van der Waals surface area contributed by atoms with Crippen LogP contribution in [0.15, 0.2) is 54.6 Å². The van der Waals surface area contributed by atoms with Crippen molar-refractivity contribution in [2.24, 2.45) is 0 Å². The molecule has 6 nitrogen and oxygen atoms in total. The van der Waals surface area contributed by atoms with Crippen molar-refractivity contribution in [3.63, 3.8) is 0 Å². The van der Waals surface area contributed by atoms with Gasteiger partial charge >= 0.3 is 0 Å². The lowest BCUT2D eigenvalue weighted by Crippen LogP contribution is -2.46. The standard InChI is InChI=1S/C25H33N3O3S/c1-20-7-5-6-14-28(20)19-21-10-12-23(13-11-21)26-25(29)24(22-8-3-2-4-9-22)27-15-17-32(30,31)18-16-27/h2-4,8-13,20,24H,5-7,14-19H2,1H3,(H,26,29). The molecule has 172 valence electrons. The fourth-order valence-corrected chi connectivity index (χ4v) is 5.91. The van der Waals surface area contributed by atoms with Crippen LogP contribution >= 0.6 is 0 Å². The van der Waals surface area contributed by atoms with Crippen molar-refractivity contribution >= 4 is 21.4 Å². The third kappa shape index (κ3) is 5.77. The van der Waals surface area contributed by atoms with Crippen LogP contribution < -0.4 is 5.32 Å². The number of sulfone groups is 1. The van der Waals surface area contributed by atoms with Crippen molar-refractivity contribution < 1.29 is 13.2 Å². The Bertz CT molecular complexity index is 994. The summed E-state index contributed by atoms with van der Waals surface area (Å²) >= 11 is 0. The molecule has 0 spiro atoms. The molecule has 4 rings (SSSR count). The Balaban J connectivity index is 1.44. The molecule has 2 unspecified atom stereocenters. The van der Waals surface area contributed by atoms with Crippen molar-refractivity contribution in [2.75, 3.05) is 36.5 Å². The average molecular weight is 456 g/mol. The summed E-state index contributed by atoms with van der Waals surface area (Å²) < 4.78 is 23.8. The monoisotopic (exact) mass is 455 g/mol. The van der Waals surface area contributed by atoms with Gasteiger partial charge in [-0.3, -0.25) is 14.6 Å². The summed E-state index contributed by atoms with van der Waals surface area (Å²) in [5, 5.41) is 3.05. The summed E-state index contributed by atoms with van der Waals surface area (Å²) in [5.41, 5.74) is 2.88. The van der Waals surface area contributed by atoms with Gasteiger partial charge in [-0.05, 0) is 49.6 Å². The zero-order valence-electron chi connectivity index (χ0n) is 18.7. The smallest absolute Gasteiger partial charge is 0.246 e. The molecule has 2 aromatic rings. The molecule has 0 aliphatic carbocycles. The molecule has 1 N–H and O–H groups in total. The molecular weight excluding hydrogens is 422 g/mol. The second kappa shape index (κ2) is 10.1. The van der Waals surface area contributed by atoms with Crippen molar-refractivity contribution in [3.05, 3.63) is 65.7 Å². The molecule has 2 heterocycles. The van der Waals surface area contributed by atoms with E-state index in [4.69, 9.17) is 0 Å². The molecule has 2 aliphatic heterocycles. The molecule has 1 amide bonds. The van der Waals surface area contributed by atoms with E-state index in [0.29, 0.717) is 19.1 Å². The van der Waals surface area contributed by atoms with Gasteiger partial charge in [0.1, 0.15) is 6.04 Å². The normalized spacial score (nSPS) is 22.8. The van der Waals surface area contributed by atoms with Gasteiger partial charge in [-0.25, -0.2) is 8.42 Å².